The van der Waals surface area contributed by atoms with Gasteiger partial charge in [0.2, 0.25) is 0 Å². The third-order valence-corrected chi connectivity index (χ3v) is 4.17. The zero-order valence-corrected chi connectivity index (χ0v) is 13.2. The first-order chi connectivity index (χ1) is 10.8. The van der Waals surface area contributed by atoms with Gasteiger partial charge in [0.15, 0.2) is 0 Å². The van der Waals surface area contributed by atoms with Crippen molar-refractivity contribution < 1.29 is 0 Å². The fourth-order valence-electron chi connectivity index (χ4n) is 2.76. The first-order valence-corrected chi connectivity index (χ1v) is 7.98. The van der Waals surface area contributed by atoms with Crippen LogP contribution in [0.2, 0.25) is 0 Å². The lowest BCUT2D eigenvalue weighted by molar-refractivity contribution is 0.313. The largest absolute Gasteiger partial charge is 0.370 e. The second-order valence-corrected chi connectivity index (χ2v) is 5.85. The Bertz CT molecular complexity index is 577. The van der Waals surface area contributed by atoms with Gasteiger partial charge in [0.25, 0.3) is 0 Å². The molecule has 2 aromatic rings. The predicted octanol–water partition coefficient (Wildman–Crippen LogP) is 2.49. The van der Waals surface area contributed by atoms with Gasteiger partial charge in [-0.05, 0) is 25.1 Å². The van der Waals surface area contributed by atoms with Crippen LogP contribution in [0, 0.1) is 0 Å². The van der Waals surface area contributed by atoms with Gasteiger partial charge >= 0.3 is 0 Å². The number of hydrogen-bond donors (Lipinski definition) is 1. The smallest absolute Gasteiger partial charge is 0.127 e. The molecule has 3 rings (SSSR count). The molecule has 2 heterocycles. The first-order valence-electron chi connectivity index (χ1n) is 7.98. The summed E-state index contributed by atoms with van der Waals surface area (Å²) in [6.45, 7) is 5.33. The summed E-state index contributed by atoms with van der Waals surface area (Å²) in [5.41, 5.74) is 2.62. The zero-order valence-electron chi connectivity index (χ0n) is 13.2. The Labute approximate surface area is 132 Å². The number of benzene rings is 1. The number of rotatable bonds is 5. The van der Waals surface area contributed by atoms with Gasteiger partial charge in [-0.3, -0.25) is 0 Å². The average Bonchev–Trinajstić information content (AvgIpc) is 2.57. The molecule has 1 aromatic heterocycles. The Kier molecular flexibility index (Phi) is 4.91. The summed E-state index contributed by atoms with van der Waals surface area (Å²) >= 11 is 0. The Morgan fingerprint density at radius 3 is 2.59 bits per heavy atom. The summed E-state index contributed by atoms with van der Waals surface area (Å²) in [6.07, 6.45) is 2.92. The molecule has 0 bridgehead atoms. The monoisotopic (exact) mass is 296 g/mol. The van der Waals surface area contributed by atoms with E-state index in [0.717, 1.165) is 45.0 Å². The van der Waals surface area contributed by atoms with E-state index in [2.05, 4.69) is 69.6 Å². The molecule has 4 nitrogen and oxygen atoms in total. The van der Waals surface area contributed by atoms with Crippen LogP contribution in [0.3, 0.4) is 0 Å². The van der Waals surface area contributed by atoms with Crippen molar-refractivity contribution in [3.05, 3.63) is 54.2 Å². The molecule has 0 unspecified atom stereocenters. The number of pyridine rings is 1. The number of aromatic nitrogens is 1. The fourth-order valence-corrected chi connectivity index (χ4v) is 2.76. The molecule has 4 heteroatoms. The topological polar surface area (TPSA) is 31.4 Å². The minimum Gasteiger partial charge on any atom is -0.370 e. The predicted molar refractivity (Wildman–Crippen MR) is 92.6 cm³/mol. The Morgan fingerprint density at radius 2 is 1.82 bits per heavy atom. The molecule has 1 saturated heterocycles. The molecule has 1 fully saturated rings. The van der Waals surface area contributed by atoms with Crippen molar-refractivity contribution in [3.63, 3.8) is 0 Å². The van der Waals surface area contributed by atoms with E-state index in [1.54, 1.807) is 0 Å². The van der Waals surface area contributed by atoms with E-state index in [4.69, 9.17) is 0 Å². The lowest BCUT2D eigenvalue weighted by Gasteiger charge is -2.34. The van der Waals surface area contributed by atoms with Crippen LogP contribution in [0.1, 0.15) is 5.56 Å². The van der Waals surface area contributed by atoms with Crippen LogP contribution in [0.15, 0.2) is 48.7 Å². The summed E-state index contributed by atoms with van der Waals surface area (Å²) in [6, 6.07) is 14.8. The highest BCUT2D eigenvalue weighted by molar-refractivity contribution is 5.54. The highest BCUT2D eigenvalue weighted by Crippen LogP contribution is 2.18. The van der Waals surface area contributed by atoms with E-state index >= 15 is 0 Å². The molecule has 0 radical (unpaired) electrons. The van der Waals surface area contributed by atoms with Crippen molar-refractivity contribution >= 4 is 11.5 Å². The molecule has 116 valence electrons. The third kappa shape index (κ3) is 3.98. The van der Waals surface area contributed by atoms with Crippen molar-refractivity contribution in [2.75, 3.05) is 50.0 Å². The maximum Gasteiger partial charge on any atom is 0.127 e. The van der Waals surface area contributed by atoms with E-state index in [1.165, 1.54) is 11.3 Å². The normalized spacial score (nSPS) is 15.8. The number of nitrogens with zero attached hydrogens (tertiary/aromatic N) is 3. The highest BCUT2D eigenvalue weighted by atomic mass is 15.2. The van der Waals surface area contributed by atoms with Gasteiger partial charge in [-0.15, -0.1) is 0 Å². The maximum absolute atomic E-state index is 4.43. The van der Waals surface area contributed by atoms with Gasteiger partial charge in [0.05, 0.1) is 0 Å². The van der Waals surface area contributed by atoms with Gasteiger partial charge in [0.1, 0.15) is 5.82 Å². The molecule has 1 aliphatic rings. The Morgan fingerprint density at radius 1 is 1.05 bits per heavy atom. The van der Waals surface area contributed by atoms with E-state index in [-0.39, 0.29) is 0 Å². The summed E-state index contributed by atoms with van der Waals surface area (Å²) in [5.74, 6) is 0.965. The van der Waals surface area contributed by atoms with Crippen molar-refractivity contribution in [1.82, 2.24) is 9.88 Å². The van der Waals surface area contributed by atoms with Gasteiger partial charge < -0.3 is 15.1 Å². The number of hydrogen-bond acceptors (Lipinski definition) is 4. The molecule has 0 atom stereocenters. The van der Waals surface area contributed by atoms with Gasteiger partial charge in [-0.1, -0.05) is 30.3 Å². The SMILES string of the molecule is CN1CCN(c2ccnc(NCCc3ccccc3)c2)CC1. The highest BCUT2D eigenvalue weighted by Gasteiger charge is 2.14. The summed E-state index contributed by atoms with van der Waals surface area (Å²) in [7, 11) is 2.18. The molecule has 1 aromatic carbocycles. The standard InChI is InChI=1S/C18H24N4/c1-21-11-13-22(14-12-21)17-8-10-20-18(15-17)19-9-7-16-5-3-2-4-6-16/h2-6,8,10,15H,7,9,11-14H2,1H3,(H,19,20). The third-order valence-electron chi connectivity index (χ3n) is 4.17. The van der Waals surface area contributed by atoms with Crippen molar-refractivity contribution in [2.45, 2.75) is 6.42 Å². The Balaban J connectivity index is 1.55. The molecule has 0 aliphatic carbocycles. The van der Waals surface area contributed by atoms with Crippen LogP contribution < -0.4 is 10.2 Å². The summed E-state index contributed by atoms with van der Waals surface area (Å²) < 4.78 is 0. The second kappa shape index (κ2) is 7.27. The molecule has 1 aliphatic heterocycles. The second-order valence-electron chi connectivity index (χ2n) is 5.85. The summed E-state index contributed by atoms with van der Waals surface area (Å²) in [5, 5.41) is 3.43. The van der Waals surface area contributed by atoms with E-state index in [1.807, 2.05) is 6.20 Å². The fraction of sp³-hybridized carbons (Fsp3) is 0.389. The van der Waals surface area contributed by atoms with Crippen LogP contribution in [0.25, 0.3) is 0 Å². The van der Waals surface area contributed by atoms with Crippen LogP contribution >= 0.6 is 0 Å². The number of anilines is 2. The lowest BCUT2D eigenvalue weighted by Crippen LogP contribution is -2.44. The average molecular weight is 296 g/mol. The molecule has 0 spiro atoms. The van der Waals surface area contributed by atoms with Crippen molar-refractivity contribution in [3.8, 4) is 0 Å². The number of piperazine rings is 1. The van der Waals surface area contributed by atoms with E-state index in [9.17, 15) is 0 Å². The summed E-state index contributed by atoms with van der Waals surface area (Å²) in [4.78, 5) is 9.24. The maximum atomic E-state index is 4.43. The molecule has 0 saturated carbocycles. The molecular formula is C18H24N4. The molecular weight excluding hydrogens is 272 g/mol. The van der Waals surface area contributed by atoms with Gasteiger partial charge in [0, 0.05) is 50.7 Å². The molecule has 0 amide bonds. The van der Waals surface area contributed by atoms with Gasteiger partial charge in [-0.2, -0.15) is 0 Å². The van der Waals surface area contributed by atoms with Crippen LogP contribution in [-0.4, -0.2) is 49.7 Å². The number of nitrogens with one attached hydrogen (secondary N) is 1. The first kappa shape index (κ1) is 14.9. The number of likely N-dealkylation sites (N-methyl/N-ethyl adjacent to an activating group) is 1. The van der Waals surface area contributed by atoms with Crippen LogP contribution in [0.5, 0.6) is 0 Å². The van der Waals surface area contributed by atoms with E-state index < -0.39 is 0 Å². The van der Waals surface area contributed by atoms with Crippen LogP contribution in [0.4, 0.5) is 11.5 Å². The molecule has 22 heavy (non-hydrogen) atoms. The lowest BCUT2D eigenvalue weighted by atomic mass is 10.1. The van der Waals surface area contributed by atoms with Crippen molar-refractivity contribution in [1.29, 1.82) is 0 Å². The zero-order chi connectivity index (χ0) is 15.2. The minimum absolute atomic E-state index is 0.906. The Hall–Kier alpha value is -2.07. The van der Waals surface area contributed by atoms with E-state index in [0.29, 0.717) is 0 Å². The van der Waals surface area contributed by atoms with Crippen molar-refractivity contribution in [2.24, 2.45) is 0 Å². The minimum atomic E-state index is 0.906. The molecule has 1 N–H and O–H groups in total. The quantitative estimate of drug-likeness (QED) is 0.918. The van der Waals surface area contributed by atoms with Crippen LogP contribution in [-0.2, 0) is 6.42 Å². The van der Waals surface area contributed by atoms with Gasteiger partial charge in [-0.25, -0.2) is 4.98 Å².